The van der Waals surface area contributed by atoms with E-state index in [2.05, 4.69) is 18.6 Å². The number of ether oxygens (including phenoxy) is 4. The molecule has 0 aliphatic rings. The Balaban J connectivity index is 0. The van der Waals surface area contributed by atoms with Gasteiger partial charge in [-0.15, -0.1) is 0 Å². The first-order valence-electron chi connectivity index (χ1n) is 9.64. The minimum Gasteiger partial charge on any atom is -0.508 e. The minimum atomic E-state index is -1.06. The molecule has 0 amide bonds. The first-order valence-corrected chi connectivity index (χ1v) is 9.64. The number of methoxy groups -OCH3 is 3. The fraction of sp³-hybridized carbons (Fsp3) is 0.478. The van der Waals surface area contributed by atoms with Crippen molar-refractivity contribution < 1.29 is 43.9 Å². The van der Waals surface area contributed by atoms with E-state index in [-0.39, 0.29) is 32.1 Å². The van der Waals surface area contributed by atoms with Crippen LogP contribution in [-0.2, 0) is 19.1 Å². The molecule has 1 aromatic rings. The molecule has 0 aromatic heterocycles. The molecule has 9 heteroatoms. The highest BCUT2D eigenvalue weighted by Crippen LogP contribution is 2.34. The average Bonchev–Trinajstić information content (AvgIpc) is 2.75. The van der Waals surface area contributed by atoms with Gasteiger partial charge < -0.3 is 34.3 Å². The number of hydrogen-bond acceptors (Lipinski definition) is 9. The standard InChI is InChI=1S/C19H24O9.C3H8.CH4/c1-11(7-14(21)18(23)19(24)27-4)10-28-17(22)6-5-12-8-15(25-2)16(26-3)9-13(12)20;1-3-2;/h5-6,8-9,11,20-21,23H,7,10H2,1-4H3;3H2,1-2H3;1H4/b6-5+,18-14-;;. The molecule has 182 valence electrons. The van der Waals surface area contributed by atoms with Crippen LogP contribution in [0.15, 0.2) is 29.7 Å². The van der Waals surface area contributed by atoms with Crippen LogP contribution in [-0.4, -0.2) is 55.2 Å². The lowest BCUT2D eigenvalue weighted by molar-refractivity contribution is -0.140. The monoisotopic (exact) mass is 456 g/mol. The van der Waals surface area contributed by atoms with E-state index < -0.39 is 23.5 Å². The molecule has 0 fully saturated rings. The second-order valence-electron chi connectivity index (χ2n) is 6.53. The molecule has 0 heterocycles. The lowest BCUT2D eigenvalue weighted by Gasteiger charge is -2.11. The molecule has 0 aliphatic heterocycles. The maximum atomic E-state index is 11.8. The van der Waals surface area contributed by atoms with Gasteiger partial charge in [0.25, 0.3) is 0 Å². The quantitative estimate of drug-likeness (QED) is 0.278. The maximum absolute atomic E-state index is 11.8. The molecule has 1 atom stereocenters. The second-order valence-corrected chi connectivity index (χ2v) is 6.53. The van der Waals surface area contributed by atoms with Gasteiger partial charge in [0.2, 0.25) is 5.76 Å². The third-order valence-corrected chi connectivity index (χ3v) is 3.64. The lowest BCUT2D eigenvalue weighted by Crippen LogP contribution is -2.13. The number of carbonyl (C=O) groups is 2. The van der Waals surface area contributed by atoms with E-state index in [0.717, 1.165) is 13.2 Å². The Bertz CT molecular complexity index is 782. The Morgan fingerprint density at radius 3 is 2.09 bits per heavy atom. The summed E-state index contributed by atoms with van der Waals surface area (Å²) in [5.74, 6) is -2.93. The topological polar surface area (TPSA) is 132 Å². The first kappa shape index (κ1) is 30.8. The SMILES string of the molecule is C.CCC.COC(=O)/C(O)=C(/O)CC(C)COC(=O)/C=C/c1cc(OC)c(OC)cc1O. The van der Waals surface area contributed by atoms with Crippen molar-refractivity contribution in [2.75, 3.05) is 27.9 Å². The van der Waals surface area contributed by atoms with Gasteiger partial charge in [0.1, 0.15) is 11.5 Å². The van der Waals surface area contributed by atoms with E-state index in [1.165, 1.54) is 38.8 Å². The van der Waals surface area contributed by atoms with Gasteiger partial charge in [-0.1, -0.05) is 34.6 Å². The van der Waals surface area contributed by atoms with Crippen molar-refractivity contribution in [1.29, 1.82) is 0 Å². The Hall–Kier alpha value is -3.36. The molecule has 0 saturated carbocycles. The Morgan fingerprint density at radius 1 is 1.06 bits per heavy atom. The highest BCUT2D eigenvalue weighted by atomic mass is 16.5. The van der Waals surface area contributed by atoms with E-state index in [1.54, 1.807) is 6.92 Å². The molecule has 9 nitrogen and oxygen atoms in total. The van der Waals surface area contributed by atoms with E-state index >= 15 is 0 Å². The van der Waals surface area contributed by atoms with Crippen molar-refractivity contribution in [3.05, 3.63) is 35.3 Å². The summed E-state index contributed by atoms with van der Waals surface area (Å²) in [7, 11) is 3.95. The number of aliphatic hydroxyl groups is 2. The molecule has 3 N–H and O–H groups in total. The minimum absolute atomic E-state index is 0. The zero-order valence-electron chi connectivity index (χ0n) is 18.8. The normalized spacial score (nSPS) is 11.8. The lowest BCUT2D eigenvalue weighted by atomic mass is 10.1. The predicted molar refractivity (Wildman–Crippen MR) is 122 cm³/mol. The van der Waals surface area contributed by atoms with Gasteiger partial charge in [0.05, 0.1) is 27.9 Å². The van der Waals surface area contributed by atoms with Crippen molar-refractivity contribution in [1.82, 2.24) is 0 Å². The van der Waals surface area contributed by atoms with Crippen LogP contribution in [0.4, 0.5) is 0 Å². The van der Waals surface area contributed by atoms with E-state index in [9.17, 15) is 24.9 Å². The predicted octanol–water partition coefficient (Wildman–Crippen LogP) is 4.55. The van der Waals surface area contributed by atoms with E-state index in [4.69, 9.17) is 14.2 Å². The number of phenolic OH excluding ortho intramolecular Hbond substituents is 1. The number of aromatic hydroxyl groups is 1. The smallest absolute Gasteiger partial charge is 0.376 e. The van der Waals surface area contributed by atoms with E-state index in [0.29, 0.717) is 17.1 Å². The van der Waals surface area contributed by atoms with Gasteiger partial charge in [-0.2, -0.15) is 0 Å². The van der Waals surface area contributed by atoms with Crippen molar-refractivity contribution in [3.63, 3.8) is 0 Å². The number of carbonyl (C=O) groups excluding carboxylic acids is 2. The van der Waals surface area contributed by atoms with Gasteiger partial charge in [-0.25, -0.2) is 9.59 Å². The van der Waals surface area contributed by atoms with Crippen molar-refractivity contribution in [2.45, 2.75) is 41.0 Å². The number of benzene rings is 1. The van der Waals surface area contributed by atoms with Crippen LogP contribution in [0.2, 0.25) is 0 Å². The van der Waals surface area contributed by atoms with Crippen molar-refractivity contribution >= 4 is 18.0 Å². The van der Waals surface area contributed by atoms with Gasteiger partial charge >= 0.3 is 11.9 Å². The third kappa shape index (κ3) is 10.6. The third-order valence-electron chi connectivity index (χ3n) is 3.64. The zero-order valence-corrected chi connectivity index (χ0v) is 18.8. The van der Waals surface area contributed by atoms with Crippen LogP contribution in [0.1, 0.15) is 46.6 Å². The molecule has 0 radical (unpaired) electrons. The first-order chi connectivity index (χ1) is 14.6. The van der Waals surface area contributed by atoms with Crippen molar-refractivity contribution in [3.8, 4) is 17.2 Å². The molecular formula is C23H36O9. The number of phenols is 1. The second kappa shape index (κ2) is 16.3. The zero-order chi connectivity index (χ0) is 24.0. The Kier molecular flexibility index (Phi) is 15.8. The average molecular weight is 457 g/mol. The summed E-state index contributed by atoms with van der Waals surface area (Å²) < 4.78 is 19.5. The van der Waals surface area contributed by atoms with Crippen molar-refractivity contribution in [2.24, 2.45) is 5.92 Å². The fourth-order valence-electron chi connectivity index (χ4n) is 2.15. The maximum Gasteiger partial charge on any atom is 0.376 e. The summed E-state index contributed by atoms with van der Waals surface area (Å²) in [5, 5.41) is 29.0. The van der Waals surface area contributed by atoms with Crippen LogP contribution in [0.3, 0.4) is 0 Å². The molecule has 32 heavy (non-hydrogen) atoms. The van der Waals surface area contributed by atoms with Gasteiger partial charge in [-0.05, 0) is 18.1 Å². The molecule has 1 unspecified atom stereocenters. The number of hydrogen-bond donors (Lipinski definition) is 3. The highest BCUT2D eigenvalue weighted by Gasteiger charge is 2.17. The summed E-state index contributed by atoms with van der Waals surface area (Å²) in [6, 6.07) is 2.85. The van der Waals surface area contributed by atoms with Crippen LogP contribution in [0.5, 0.6) is 17.2 Å². The number of allylic oxidation sites excluding steroid dienone is 1. The van der Waals surface area contributed by atoms with Gasteiger partial charge in [0, 0.05) is 24.1 Å². The Morgan fingerprint density at radius 2 is 1.59 bits per heavy atom. The number of aliphatic hydroxyl groups excluding tert-OH is 2. The summed E-state index contributed by atoms with van der Waals surface area (Å²) in [6.07, 6.45) is 3.63. The molecule has 0 aliphatic carbocycles. The summed E-state index contributed by atoms with van der Waals surface area (Å²) in [5.41, 5.74) is 0.325. The number of rotatable bonds is 9. The van der Waals surface area contributed by atoms with Gasteiger partial charge in [0.15, 0.2) is 11.5 Å². The van der Waals surface area contributed by atoms with Crippen LogP contribution < -0.4 is 9.47 Å². The van der Waals surface area contributed by atoms with Crippen LogP contribution in [0.25, 0.3) is 6.08 Å². The summed E-state index contributed by atoms with van der Waals surface area (Å²) in [6.45, 7) is 5.83. The molecule has 1 rings (SSSR count). The van der Waals surface area contributed by atoms with Crippen LogP contribution >= 0.6 is 0 Å². The van der Waals surface area contributed by atoms with Gasteiger partial charge in [-0.3, -0.25) is 0 Å². The largest absolute Gasteiger partial charge is 0.508 e. The number of esters is 2. The molecule has 0 saturated heterocycles. The highest BCUT2D eigenvalue weighted by molar-refractivity contribution is 5.88. The van der Waals surface area contributed by atoms with E-state index in [1.807, 2.05) is 0 Å². The molecular weight excluding hydrogens is 420 g/mol. The molecule has 1 aromatic carbocycles. The fourth-order valence-corrected chi connectivity index (χ4v) is 2.15. The summed E-state index contributed by atoms with van der Waals surface area (Å²) in [4.78, 5) is 23.0. The Labute approximate surface area is 189 Å². The summed E-state index contributed by atoms with van der Waals surface area (Å²) >= 11 is 0. The van der Waals surface area contributed by atoms with Crippen LogP contribution in [0, 0.1) is 5.92 Å². The molecule has 0 bridgehead atoms. The molecule has 0 spiro atoms.